The number of hydrogen-bond donors (Lipinski definition) is 2. The van der Waals surface area contributed by atoms with Crippen LogP contribution in [0.4, 0.5) is 0 Å². The third kappa shape index (κ3) is 3.43. The molecule has 0 aliphatic heterocycles. The number of nitrogens with zero attached hydrogens (tertiary/aromatic N) is 1. The Bertz CT molecular complexity index is 640. The standard InChI is InChI=1S/C15H17ClN2O3/c1-3-13-14(9(2)18-21-13)15(20)17-8-12(19)10-6-4-5-7-11(10)16/h4-7,12,19H,3,8H2,1-2H3,(H,17,20)/t12-/m0/s1. The fourth-order valence-electron chi connectivity index (χ4n) is 2.08. The molecule has 0 aliphatic carbocycles. The van der Waals surface area contributed by atoms with Crippen LogP contribution in [-0.2, 0) is 6.42 Å². The van der Waals surface area contributed by atoms with Crippen LogP contribution in [0.5, 0.6) is 0 Å². The number of aliphatic hydroxyl groups is 1. The van der Waals surface area contributed by atoms with Gasteiger partial charge in [0.1, 0.15) is 11.3 Å². The molecule has 1 aromatic carbocycles. The number of rotatable bonds is 5. The van der Waals surface area contributed by atoms with Gasteiger partial charge in [0, 0.05) is 23.6 Å². The number of carbonyl (C=O) groups is 1. The summed E-state index contributed by atoms with van der Waals surface area (Å²) in [5.41, 5.74) is 1.55. The summed E-state index contributed by atoms with van der Waals surface area (Å²) >= 11 is 6.01. The number of benzene rings is 1. The maximum absolute atomic E-state index is 12.2. The van der Waals surface area contributed by atoms with Crippen LogP contribution in [0.2, 0.25) is 5.02 Å². The first-order chi connectivity index (χ1) is 10.0. The molecule has 2 N–H and O–H groups in total. The van der Waals surface area contributed by atoms with Crippen LogP contribution >= 0.6 is 11.6 Å². The Morgan fingerprint density at radius 3 is 2.86 bits per heavy atom. The Balaban J connectivity index is 2.04. The minimum Gasteiger partial charge on any atom is -0.387 e. The largest absolute Gasteiger partial charge is 0.387 e. The van der Waals surface area contributed by atoms with Crippen LogP contribution in [0.1, 0.15) is 40.4 Å². The molecule has 0 aliphatic rings. The minimum absolute atomic E-state index is 0.0658. The second kappa shape index (κ2) is 6.74. The number of hydrogen-bond acceptors (Lipinski definition) is 4. The van der Waals surface area contributed by atoms with E-state index in [1.54, 1.807) is 31.2 Å². The third-order valence-corrected chi connectivity index (χ3v) is 3.55. The van der Waals surface area contributed by atoms with Gasteiger partial charge in [-0.2, -0.15) is 0 Å². The van der Waals surface area contributed by atoms with Gasteiger partial charge in [0.25, 0.3) is 5.91 Å². The fraction of sp³-hybridized carbons (Fsp3) is 0.333. The van der Waals surface area contributed by atoms with Crippen LogP contribution < -0.4 is 5.32 Å². The van der Waals surface area contributed by atoms with Gasteiger partial charge in [-0.15, -0.1) is 0 Å². The summed E-state index contributed by atoms with van der Waals surface area (Å²) in [6, 6.07) is 6.99. The van der Waals surface area contributed by atoms with Gasteiger partial charge in [0.2, 0.25) is 0 Å². The van der Waals surface area contributed by atoms with Crippen molar-refractivity contribution in [2.75, 3.05) is 6.54 Å². The van der Waals surface area contributed by atoms with Crippen LogP contribution in [0.3, 0.4) is 0 Å². The Labute approximate surface area is 127 Å². The summed E-state index contributed by atoms with van der Waals surface area (Å²) in [5, 5.41) is 17.0. The highest BCUT2D eigenvalue weighted by Gasteiger charge is 2.20. The molecule has 21 heavy (non-hydrogen) atoms. The van der Waals surface area contributed by atoms with E-state index in [0.29, 0.717) is 34.0 Å². The number of carbonyl (C=O) groups excluding carboxylic acids is 1. The van der Waals surface area contributed by atoms with E-state index in [-0.39, 0.29) is 12.5 Å². The topological polar surface area (TPSA) is 75.4 Å². The SMILES string of the molecule is CCc1onc(C)c1C(=O)NC[C@H](O)c1ccccc1Cl. The van der Waals surface area contributed by atoms with Gasteiger partial charge in [0.05, 0.1) is 11.8 Å². The van der Waals surface area contributed by atoms with Crippen molar-refractivity contribution in [2.24, 2.45) is 0 Å². The number of halogens is 1. The predicted octanol–water partition coefficient (Wildman–Crippen LogP) is 2.66. The molecule has 0 bridgehead atoms. The molecule has 112 valence electrons. The first-order valence-electron chi connectivity index (χ1n) is 6.70. The number of aryl methyl sites for hydroxylation is 2. The van der Waals surface area contributed by atoms with Gasteiger partial charge >= 0.3 is 0 Å². The number of aliphatic hydroxyl groups excluding tert-OH is 1. The zero-order valence-corrected chi connectivity index (χ0v) is 12.6. The lowest BCUT2D eigenvalue weighted by atomic mass is 10.1. The molecule has 0 saturated carbocycles. The highest BCUT2D eigenvalue weighted by Crippen LogP contribution is 2.22. The Hall–Kier alpha value is -1.85. The molecule has 1 heterocycles. The van der Waals surface area contributed by atoms with Gasteiger partial charge in [-0.3, -0.25) is 4.79 Å². The Kier molecular flexibility index (Phi) is 4.98. The molecule has 0 fully saturated rings. The summed E-state index contributed by atoms with van der Waals surface area (Å²) in [7, 11) is 0. The molecular weight excluding hydrogens is 292 g/mol. The summed E-state index contributed by atoms with van der Waals surface area (Å²) in [6.45, 7) is 3.66. The third-order valence-electron chi connectivity index (χ3n) is 3.20. The molecule has 0 saturated heterocycles. The minimum atomic E-state index is -0.868. The van der Waals surface area contributed by atoms with Crippen molar-refractivity contribution in [3.63, 3.8) is 0 Å². The van der Waals surface area contributed by atoms with E-state index in [9.17, 15) is 9.90 Å². The molecule has 1 aromatic heterocycles. The lowest BCUT2D eigenvalue weighted by Gasteiger charge is -2.13. The summed E-state index contributed by atoms with van der Waals surface area (Å²) in [6.07, 6.45) is -0.288. The van der Waals surface area contributed by atoms with Gasteiger partial charge in [0.15, 0.2) is 0 Å². The summed E-state index contributed by atoms with van der Waals surface area (Å²) in [4.78, 5) is 12.2. The molecule has 0 unspecified atom stereocenters. The molecule has 5 nitrogen and oxygen atoms in total. The lowest BCUT2D eigenvalue weighted by molar-refractivity contribution is 0.0914. The van der Waals surface area contributed by atoms with Gasteiger partial charge in [-0.1, -0.05) is 41.9 Å². The van der Waals surface area contributed by atoms with Crippen molar-refractivity contribution in [1.82, 2.24) is 10.5 Å². The Morgan fingerprint density at radius 1 is 1.48 bits per heavy atom. The molecule has 1 amide bonds. The molecule has 1 atom stereocenters. The zero-order valence-electron chi connectivity index (χ0n) is 11.9. The monoisotopic (exact) mass is 308 g/mol. The van der Waals surface area contributed by atoms with E-state index in [2.05, 4.69) is 10.5 Å². The summed E-state index contributed by atoms with van der Waals surface area (Å²) < 4.78 is 5.08. The van der Waals surface area contributed by atoms with E-state index in [0.717, 1.165) is 0 Å². The van der Waals surface area contributed by atoms with Crippen LogP contribution in [0, 0.1) is 6.92 Å². The highest BCUT2D eigenvalue weighted by atomic mass is 35.5. The first-order valence-corrected chi connectivity index (χ1v) is 7.08. The predicted molar refractivity (Wildman–Crippen MR) is 79.4 cm³/mol. The second-order valence-electron chi connectivity index (χ2n) is 4.67. The molecule has 2 aromatic rings. The molecule has 0 radical (unpaired) electrons. The first kappa shape index (κ1) is 15.5. The maximum Gasteiger partial charge on any atom is 0.256 e. The van der Waals surface area contributed by atoms with E-state index < -0.39 is 6.10 Å². The molecule has 2 rings (SSSR count). The van der Waals surface area contributed by atoms with Crippen molar-refractivity contribution in [2.45, 2.75) is 26.4 Å². The molecule has 6 heteroatoms. The highest BCUT2D eigenvalue weighted by molar-refractivity contribution is 6.31. The zero-order chi connectivity index (χ0) is 15.4. The number of aromatic nitrogens is 1. The normalized spacial score (nSPS) is 12.2. The average molecular weight is 309 g/mol. The molecule has 0 spiro atoms. The van der Waals surface area contributed by atoms with Gasteiger partial charge in [-0.25, -0.2) is 0 Å². The van der Waals surface area contributed by atoms with E-state index in [1.165, 1.54) is 0 Å². The van der Waals surface area contributed by atoms with Crippen molar-refractivity contribution < 1.29 is 14.4 Å². The quantitative estimate of drug-likeness (QED) is 0.890. The smallest absolute Gasteiger partial charge is 0.256 e. The Morgan fingerprint density at radius 2 is 2.19 bits per heavy atom. The fourth-order valence-corrected chi connectivity index (χ4v) is 2.34. The van der Waals surface area contributed by atoms with Gasteiger partial charge in [-0.05, 0) is 13.0 Å². The average Bonchev–Trinajstić information content (AvgIpc) is 2.86. The van der Waals surface area contributed by atoms with Crippen molar-refractivity contribution in [3.8, 4) is 0 Å². The maximum atomic E-state index is 12.2. The van der Waals surface area contributed by atoms with Crippen molar-refractivity contribution >= 4 is 17.5 Å². The second-order valence-corrected chi connectivity index (χ2v) is 5.07. The number of nitrogens with one attached hydrogen (secondary N) is 1. The summed E-state index contributed by atoms with van der Waals surface area (Å²) in [5.74, 6) is 0.230. The van der Waals surface area contributed by atoms with E-state index in [4.69, 9.17) is 16.1 Å². The van der Waals surface area contributed by atoms with Crippen LogP contribution in [0.25, 0.3) is 0 Å². The van der Waals surface area contributed by atoms with E-state index >= 15 is 0 Å². The van der Waals surface area contributed by atoms with Crippen LogP contribution in [0.15, 0.2) is 28.8 Å². The molecular formula is C15H17ClN2O3. The lowest BCUT2D eigenvalue weighted by Crippen LogP contribution is -2.29. The number of amides is 1. The van der Waals surface area contributed by atoms with Crippen molar-refractivity contribution in [1.29, 1.82) is 0 Å². The van der Waals surface area contributed by atoms with Crippen LogP contribution in [-0.4, -0.2) is 22.7 Å². The van der Waals surface area contributed by atoms with E-state index in [1.807, 2.05) is 6.92 Å². The van der Waals surface area contributed by atoms with Gasteiger partial charge < -0.3 is 14.9 Å². The van der Waals surface area contributed by atoms with Crippen molar-refractivity contribution in [3.05, 3.63) is 51.9 Å².